The van der Waals surface area contributed by atoms with Gasteiger partial charge in [0.15, 0.2) is 0 Å². The zero-order valence-electron chi connectivity index (χ0n) is 12.0. The molecular formula is C15H23NO2S. The molecular weight excluding hydrogens is 258 g/mol. The van der Waals surface area contributed by atoms with Crippen LogP contribution in [0.2, 0.25) is 0 Å². The average Bonchev–Trinajstić information content (AvgIpc) is 2.36. The minimum atomic E-state index is -0.450. The molecule has 0 heterocycles. The quantitative estimate of drug-likeness (QED) is 0.788. The fraction of sp³-hybridized carbons (Fsp3) is 0.533. The van der Waals surface area contributed by atoms with Crippen molar-refractivity contribution in [1.82, 2.24) is 5.32 Å². The number of amides is 1. The maximum absolute atomic E-state index is 11.7. The number of thioether (sulfide) groups is 1. The van der Waals surface area contributed by atoms with Crippen molar-refractivity contribution in [3.05, 3.63) is 29.8 Å². The highest BCUT2D eigenvalue weighted by Gasteiger charge is 2.10. The molecule has 0 saturated carbocycles. The summed E-state index contributed by atoms with van der Waals surface area (Å²) in [5.41, 5.74) is 0.891. The lowest BCUT2D eigenvalue weighted by molar-refractivity contribution is -0.119. The third-order valence-corrected chi connectivity index (χ3v) is 4.13. The molecule has 4 heteroatoms. The number of carbonyl (C=O) groups is 1. The van der Waals surface area contributed by atoms with Crippen LogP contribution in [0, 0.1) is 5.92 Å². The number of rotatable bonds is 6. The molecule has 1 rings (SSSR count). The van der Waals surface area contributed by atoms with Crippen LogP contribution in [0.3, 0.4) is 0 Å². The molecule has 0 aliphatic heterocycles. The summed E-state index contributed by atoms with van der Waals surface area (Å²) in [5.74, 6) is 0.926. The Hall–Kier alpha value is -1.00. The van der Waals surface area contributed by atoms with Gasteiger partial charge < -0.3 is 10.4 Å². The number of aliphatic hydroxyl groups is 1. The molecule has 1 aromatic rings. The molecule has 2 unspecified atom stereocenters. The van der Waals surface area contributed by atoms with Crippen molar-refractivity contribution in [1.29, 1.82) is 0 Å². The van der Waals surface area contributed by atoms with E-state index in [0.29, 0.717) is 11.7 Å². The van der Waals surface area contributed by atoms with E-state index in [2.05, 4.69) is 19.2 Å². The van der Waals surface area contributed by atoms with Crippen LogP contribution in [-0.4, -0.2) is 22.8 Å². The van der Waals surface area contributed by atoms with E-state index in [0.717, 1.165) is 10.5 Å². The maximum atomic E-state index is 11.7. The largest absolute Gasteiger partial charge is 0.389 e. The van der Waals surface area contributed by atoms with E-state index < -0.39 is 6.10 Å². The second kappa shape index (κ2) is 7.56. The van der Waals surface area contributed by atoms with Crippen LogP contribution < -0.4 is 5.32 Å². The van der Waals surface area contributed by atoms with Crippen molar-refractivity contribution in [2.45, 2.75) is 44.7 Å². The second-order valence-electron chi connectivity index (χ2n) is 5.13. The normalized spacial score (nSPS) is 14.2. The van der Waals surface area contributed by atoms with Crippen LogP contribution in [0.4, 0.5) is 0 Å². The van der Waals surface area contributed by atoms with E-state index in [1.165, 1.54) is 11.8 Å². The predicted molar refractivity (Wildman–Crippen MR) is 80.2 cm³/mol. The number of carbonyl (C=O) groups excluding carboxylic acids is 1. The van der Waals surface area contributed by atoms with Gasteiger partial charge in [-0.25, -0.2) is 0 Å². The Balaban J connectivity index is 2.42. The fourth-order valence-corrected chi connectivity index (χ4v) is 2.16. The van der Waals surface area contributed by atoms with Gasteiger partial charge in [0.1, 0.15) is 0 Å². The van der Waals surface area contributed by atoms with E-state index in [-0.39, 0.29) is 11.9 Å². The fourth-order valence-electron chi connectivity index (χ4n) is 1.45. The molecule has 0 aromatic heterocycles. The summed E-state index contributed by atoms with van der Waals surface area (Å²) in [6.45, 7) is 7.94. The molecule has 106 valence electrons. The summed E-state index contributed by atoms with van der Waals surface area (Å²) in [5, 5.41) is 12.4. The Labute approximate surface area is 119 Å². The maximum Gasteiger partial charge on any atom is 0.230 e. The zero-order chi connectivity index (χ0) is 14.4. The molecule has 0 fully saturated rings. The minimum Gasteiger partial charge on any atom is -0.389 e. The lowest BCUT2D eigenvalue weighted by Crippen LogP contribution is -2.37. The van der Waals surface area contributed by atoms with Crippen LogP contribution >= 0.6 is 11.8 Å². The molecule has 0 saturated heterocycles. The van der Waals surface area contributed by atoms with Crippen molar-refractivity contribution in [3.8, 4) is 0 Å². The monoisotopic (exact) mass is 281 g/mol. The number of aliphatic hydroxyl groups excluding tert-OH is 1. The van der Waals surface area contributed by atoms with Crippen LogP contribution in [0.1, 0.15) is 39.4 Å². The van der Waals surface area contributed by atoms with Crippen LogP contribution in [0.5, 0.6) is 0 Å². The summed E-state index contributed by atoms with van der Waals surface area (Å²) in [6, 6.07) is 7.85. The topological polar surface area (TPSA) is 49.3 Å². The van der Waals surface area contributed by atoms with Crippen molar-refractivity contribution in [3.63, 3.8) is 0 Å². The molecule has 1 amide bonds. The minimum absolute atomic E-state index is 0.0609. The predicted octanol–water partition coefficient (Wildman–Crippen LogP) is 2.99. The molecule has 2 N–H and O–H groups in total. The number of hydrogen-bond acceptors (Lipinski definition) is 3. The van der Waals surface area contributed by atoms with Gasteiger partial charge in [-0.2, -0.15) is 0 Å². The Kier molecular flexibility index (Phi) is 6.38. The van der Waals surface area contributed by atoms with Gasteiger partial charge >= 0.3 is 0 Å². The standard InChI is InChI=1S/C15H23NO2S/c1-10(2)11(3)16-15(18)9-19-14-7-5-13(6-8-14)12(4)17/h5-8,10-12,17H,9H2,1-4H3,(H,16,18). The molecule has 0 radical (unpaired) electrons. The molecule has 0 bridgehead atoms. The molecule has 2 atom stereocenters. The van der Waals surface area contributed by atoms with Crippen LogP contribution in [0.15, 0.2) is 29.2 Å². The first-order chi connectivity index (χ1) is 8.90. The van der Waals surface area contributed by atoms with E-state index in [9.17, 15) is 9.90 Å². The zero-order valence-corrected chi connectivity index (χ0v) is 12.8. The molecule has 0 aliphatic rings. The molecule has 3 nitrogen and oxygen atoms in total. The summed E-state index contributed by atoms with van der Waals surface area (Å²) in [4.78, 5) is 12.8. The van der Waals surface area contributed by atoms with Gasteiger partial charge in [-0.05, 0) is 37.5 Å². The Morgan fingerprint density at radius 1 is 1.21 bits per heavy atom. The van der Waals surface area contributed by atoms with Gasteiger partial charge in [-0.3, -0.25) is 4.79 Å². The molecule has 0 aliphatic carbocycles. The van der Waals surface area contributed by atoms with Gasteiger partial charge in [0.25, 0.3) is 0 Å². The Morgan fingerprint density at radius 3 is 2.26 bits per heavy atom. The highest BCUT2D eigenvalue weighted by Crippen LogP contribution is 2.20. The van der Waals surface area contributed by atoms with Gasteiger partial charge in [-0.1, -0.05) is 26.0 Å². The highest BCUT2D eigenvalue weighted by molar-refractivity contribution is 8.00. The van der Waals surface area contributed by atoms with E-state index in [1.807, 2.05) is 31.2 Å². The SMILES string of the molecule is CC(O)c1ccc(SCC(=O)NC(C)C(C)C)cc1. The first kappa shape index (κ1) is 16.1. The van der Waals surface area contributed by atoms with Gasteiger partial charge in [0.05, 0.1) is 11.9 Å². The van der Waals surface area contributed by atoms with Gasteiger partial charge in [0.2, 0.25) is 5.91 Å². The third kappa shape index (κ3) is 5.66. The smallest absolute Gasteiger partial charge is 0.230 e. The van der Waals surface area contributed by atoms with Gasteiger partial charge in [0, 0.05) is 10.9 Å². The molecule has 0 spiro atoms. The Bertz CT molecular complexity index is 401. The van der Waals surface area contributed by atoms with Crippen molar-refractivity contribution in [2.75, 3.05) is 5.75 Å². The van der Waals surface area contributed by atoms with Crippen molar-refractivity contribution < 1.29 is 9.90 Å². The number of hydrogen-bond donors (Lipinski definition) is 2. The summed E-state index contributed by atoms with van der Waals surface area (Å²) in [6.07, 6.45) is -0.450. The molecule has 1 aromatic carbocycles. The third-order valence-electron chi connectivity index (χ3n) is 3.12. The van der Waals surface area contributed by atoms with E-state index in [1.54, 1.807) is 6.92 Å². The van der Waals surface area contributed by atoms with E-state index >= 15 is 0 Å². The Morgan fingerprint density at radius 2 is 1.79 bits per heavy atom. The van der Waals surface area contributed by atoms with Crippen molar-refractivity contribution in [2.24, 2.45) is 5.92 Å². The second-order valence-corrected chi connectivity index (χ2v) is 6.18. The number of nitrogens with one attached hydrogen (secondary N) is 1. The summed E-state index contributed by atoms with van der Waals surface area (Å²) < 4.78 is 0. The average molecular weight is 281 g/mol. The summed E-state index contributed by atoms with van der Waals surface area (Å²) >= 11 is 1.51. The first-order valence-corrected chi connectivity index (χ1v) is 7.59. The summed E-state index contributed by atoms with van der Waals surface area (Å²) in [7, 11) is 0. The highest BCUT2D eigenvalue weighted by atomic mass is 32.2. The first-order valence-electron chi connectivity index (χ1n) is 6.60. The van der Waals surface area contributed by atoms with Crippen molar-refractivity contribution >= 4 is 17.7 Å². The van der Waals surface area contributed by atoms with Gasteiger partial charge in [-0.15, -0.1) is 11.8 Å². The van der Waals surface area contributed by atoms with Crippen LogP contribution in [-0.2, 0) is 4.79 Å². The number of benzene rings is 1. The van der Waals surface area contributed by atoms with Crippen LogP contribution in [0.25, 0.3) is 0 Å². The molecule has 19 heavy (non-hydrogen) atoms. The van der Waals surface area contributed by atoms with E-state index in [4.69, 9.17) is 0 Å². The lowest BCUT2D eigenvalue weighted by Gasteiger charge is -2.17. The lowest BCUT2D eigenvalue weighted by atomic mass is 10.1.